The molecule has 3 N–H and O–H groups in total. The van der Waals surface area contributed by atoms with Crippen molar-refractivity contribution in [2.75, 3.05) is 13.7 Å². The number of thiocarbonyl (C=S) groups is 1. The molecular formula is C19H20BrN3O4S. The van der Waals surface area contributed by atoms with E-state index in [0.29, 0.717) is 11.5 Å². The smallest absolute Gasteiger partial charge is 0.276 e. The van der Waals surface area contributed by atoms with E-state index in [-0.39, 0.29) is 24.0 Å². The van der Waals surface area contributed by atoms with Gasteiger partial charge in [-0.25, -0.2) is 0 Å². The molecule has 2 rings (SSSR count). The number of methoxy groups -OCH3 is 1. The van der Waals surface area contributed by atoms with Gasteiger partial charge in [0.25, 0.3) is 5.91 Å². The monoisotopic (exact) mass is 465 g/mol. The van der Waals surface area contributed by atoms with E-state index in [1.54, 1.807) is 37.4 Å². The third kappa shape index (κ3) is 7.16. The Bertz CT molecular complexity index is 859. The van der Waals surface area contributed by atoms with Gasteiger partial charge < -0.3 is 14.8 Å². The molecule has 7 nitrogen and oxygen atoms in total. The van der Waals surface area contributed by atoms with E-state index in [1.165, 1.54) is 0 Å². The van der Waals surface area contributed by atoms with Gasteiger partial charge in [0.1, 0.15) is 11.5 Å². The number of nitrogens with one attached hydrogen (secondary N) is 3. The van der Waals surface area contributed by atoms with Crippen LogP contribution in [0.1, 0.15) is 11.1 Å². The molecule has 0 unspecified atom stereocenters. The fraction of sp³-hybridized carbons (Fsp3) is 0.211. The molecule has 2 aromatic carbocycles. The van der Waals surface area contributed by atoms with Crippen molar-refractivity contribution in [3.63, 3.8) is 0 Å². The first-order valence-electron chi connectivity index (χ1n) is 8.28. The number of amides is 2. The fourth-order valence-corrected chi connectivity index (χ4v) is 2.85. The lowest BCUT2D eigenvalue weighted by Crippen LogP contribution is -2.49. The molecule has 0 aromatic heterocycles. The second-order valence-corrected chi connectivity index (χ2v) is 7.10. The molecule has 0 saturated heterocycles. The zero-order chi connectivity index (χ0) is 20.5. The van der Waals surface area contributed by atoms with Crippen molar-refractivity contribution in [1.82, 2.24) is 16.2 Å². The molecular weight excluding hydrogens is 446 g/mol. The Morgan fingerprint density at radius 2 is 1.79 bits per heavy atom. The first-order valence-corrected chi connectivity index (χ1v) is 9.48. The number of ether oxygens (including phenoxy) is 2. The zero-order valence-electron chi connectivity index (χ0n) is 15.4. The molecule has 9 heteroatoms. The maximum absolute atomic E-state index is 12.0. The van der Waals surface area contributed by atoms with Crippen LogP contribution in [0.4, 0.5) is 0 Å². The molecule has 0 spiro atoms. The van der Waals surface area contributed by atoms with Gasteiger partial charge in [-0.05, 0) is 60.6 Å². The Morgan fingerprint density at radius 1 is 1.07 bits per heavy atom. The molecule has 28 heavy (non-hydrogen) atoms. The van der Waals surface area contributed by atoms with Crippen molar-refractivity contribution in [3.05, 3.63) is 58.1 Å². The minimum absolute atomic E-state index is 0.00770. The zero-order valence-corrected chi connectivity index (χ0v) is 17.8. The number of benzene rings is 2. The van der Waals surface area contributed by atoms with E-state index in [9.17, 15) is 9.59 Å². The summed E-state index contributed by atoms with van der Waals surface area (Å²) in [5, 5.41) is 2.48. The number of carbonyl (C=O) groups excluding carboxylic acids is 2. The average molecular weight is 466 g/mol. The first kappa shape index (κ1) is 21.6. The number of halogens is 1. The highest BCUT2D eigenvalue weighted by atomic mass is 79.9. The summed E-state index contributed by atoms with van der Waals surface area (Å²) in [6, 6.07) is 12.6. The summed E-state index contributed by atoms with van der Waals surface area (Å²) in [6.45, 7) is 1.68. The molecule has 0 aliphatic rings. The van der Waals surface area contributed by atoms with Crippen LogP contribution in [0.5, 0.6) is 11.5 Å². The third-order valence-corrected chi connectivity index (χ3v) is 4.29. The van der Waals surface area contributed by atoms with Crippen molar-refractivity contribution in [2.45, 2.75) is 13.3 Å². The topological polar surface area (TPSA) is 88.7 Å². The van der Waals surface area contributed by atoms with E-state index in [4.69, 9.17) is 21.7 Å². The molecule has 0 aliphatic heterocycles. The molecule has 0 heterocycles. The van der Waals surface area contributed by atoms with Crippen molar-refractivity contribution in [2.24, 2.45) is 0 Å². The van der Waals surface area contributed by atoms with E-state index < -0.39 is 5.91 Å². The SMILES string of the molecule is COc1ccc(CC(=O)NC(=S)NNC(=O)COc2ccc(Br)cc2C)cc1. The van der Waals surface area contributed by atoms with Crippen molar-refractivity contribution < 1.29 is 19.1 Å². The molecule has 0 atom stereocenters. The van der Waals surface area contributed by atoms with Gasteiger partial charge in [0.05, 0.1) is 13.5 Å². The van der Waals surface area contributed by atoms with Crippen LogP contribution in [0.25, 0.3) is 0 Å². The van der Waals surface area contributed by atoms with Gasteiger partial charge in [-0.15, -0.1) is 0 Å². The highest BCUT2D eigenvalue weighted by Gasteiger charge is 2.09. The maximum atomic E-state index is 12.0. The summed E-state index contributed by atoms with van der Waals surface area (Å²) in [5.74, 6) is 0.575. The number of hydrogen-bond donors (Lipinski definition) is 3. The van der Waals surface area contributed by atoms with E-state index in [0.717, 1.165) is 15.6 Å². The molecule has 0 bridgehead atoms. The maximum Gasteiger partial charge on any atom is 0.276 e. The van der Waals surface area contributed by atoms with E-state index >= 15 is 0 Å². The Labute approximate surface area is 176 Å². The van der Waals surface area contributed by atoms with Gasteiger partial charge >= 0.3 is 0 Å². The molecule has 148 valence electrons. The van der Waals surface area contributed by atoms with E-state index in [1.807, 2.05) is 19.1 Å². The predicted molar refractivity (Wildman–Crippen MR) is 113 cm³/mol. The summed E-state index contributed by atoms with van der Waals surface area (Å²) < 4.78 is 11.4. The number of hydrogen-bond acceptors (Lipinski definition) is 5. The van der Waals surface area contributed by atoms with Crippen LogP contribution in [-0.2, 0) is 16.0 Å². The lowest BCUT2D eigenvalue weighted by molar-refractivity contribution is -0.124. The molecule has 2 amide bonds. The number of rotatable bonds is 6. The van der Waals surface area contributed by atoms with Crippen LogP contribution < -0.4 is 25.6 Å². The molecule has 2 aromatic rings. The lowest BCUT2D eigenvalue weighted by atomic mass is 10.1. The Balaban J connectivity index is 1.70. The van der Waals surface area contributed by atoms with Crippen LogP contribution in [0, 0.1) is 6.92 Å². The summed E-state index contributed by atoms with van der Waals surface area (Å²) in [6.07, 6.45) is 0.145. The largest absolute Gasteiger partial charge is 0.497 e. The molecule has 0 saturated carbocycles. The van der Waals surface area contributed by atoms with Crippen LogP contribution in [0.15, 0.2) is 46.9 Å². The summed E-state index contributed by atoms with van der Waals surface area (Å²) in [5.41, 5.74) is 6.55. The van der Waals surface area contributed by atoms with Gasteiger partial charge in [-0.1, -0.05) is 28.1 Å². The standard InChI is InChI=1S/C19H20BrN3O4S/c1-12-9-14(20)5-8-16(12)27-11-18(25)22-23-19(28)21-17(24)10-13-3-6-15(26-2)7-4-13/h3-9H,10-11H2,1-2H3,(H,22,25)(H2,21,23,24,28). The van der Waals surface area contributed by atoms with Crippen molar-refractivity contribution in [3.8, 4) is 11.5 Å². The third-order valence-electron chi connectivity index (χ3n) is 3.59. The summed E-state index contributed by atoms with van der Waals surface area (Å²) >= 11 is 8.36. The number of carbonyl (C=O) groups is 2. The Kier molecular flexibility index (Phi) is 8.21. The van der Waals surface area contributed by atoms with Gasteiger partial charge in [-0.2, -0.15) is 0 Å². The van der Waals surface area contributed by atoms with Gasteiger partial charge in [0.2, 0.25) is 5.91 Å². The number of aryl methyl sites for hydroxylation is 1. The van der Waals surface area contributed by atoms with Crippen LogP contribution in [0.2, 0.25) is 0 Å². The Hall–Kier alpha value is -2.65. The van der Waals surface area contributed by atoms with Gasteiger partial charge in [0.15, 0.2) is 11.7 Å². The first-order chi connectivity index (χ1) is 13.4. The average Bonchev–Trinajstić information content (AvgIpc) is 2.66. The molecule has 0 fully saturated rings. The normalized spacial score (nSPS) is 9.96. The van der Waals surface area contributed by atoms with Crippen LogP contribution >= 0.6 is 28.1 Å². The van der Waals surface area contributed by atoms with Crippen LogP contribution in [0.3, 0.4) is 0 Å². The van der Waals surface area contributed by atoms with Crippen molar-refractivity contribution >= 4 is 45.1 Å². The number of hydrazine groups is 1. The highest BCUT2D eigenvalue weighted by molar-refractivity contribution is 9.10. The Morgan fingerprint density at radius 3 is 2.43 bits per heavy atom. The lowest BCUT2D eigenvalue weighted by Gasteiger charge is -2.12. The minimum Gasteiger partial charge on any atom is -0.497 e. The second kappa shape index (κ2) is 10.6. The molecule has 0 aliphatic carbocycles. The van der Waals surface area contributed by atoms with Crippen LogP contribution in [-0.4, -0.2) is 30.6 Å². The van der Waals surface area contributed by atoms with Gasteiger partial charge in [-0.3, -0.25) is 20.4 Å². The summed E-state index contributed by atoms with van der Waals surface area (Å²) in [7, 11) is 1.57. The van der Waals surface area contributed by atoms with Crippen molar-refractivity contribution in [1.29, 1.82) is 0 Å². The van der Waals surface area contributed by atoms with E-state index in [2.05, 4.69) is 32.1 Å². The highest BCUT2D eigenvalue weighted by Crippen LogP contribution is 2.21. The summed E-state index contributed by atoms with van der Waals surface area (Å²) in [4.78, 5) is 23.8. The fourth-order valence-electron chi connectivity index (χ4n) is 2.21. The quantitative estimate of drug-likeness (QED) is 0.448. The molecule has 0 radical (unpaired) electrons. The predicted octanol–water partition coefficient (Wildman–Crippen LogP) is 2.41. The van der Waals surface area contributed by atoms with Gasteiger partial charge in [0, 0.05) is 4.47 Å². The second-order valence-electron chi connectivity index (χ2n) is 5.77. The minimum atomic E-state index is -0.436.